The van der Waals surface area contributed by atoms with Crippen LogP contribution in [0.3, 0.4) is 0 Å². The average Bonchev–Trinajstić information content (AvgIpc) is 3.25. The summed E-state index contributed by atoms with van der Waals surface area (Å²) in [6, 6.07) is 9.30. The van der Waals surface area contributed by atoms with Gasteiger partial charge in [0.25, 0.3) is 0 Å². The molecule has 5 atom stereocenters. The Kier molecular flexibility index (Phi) is 3.76. The predicted molar refractivity (Wildman–Crippen MR) is 92.9 cm³/mol. The number of hydrogen-bond donors (Lipinski definition) is 0. The molecule has 25 heavy (non-hydrogen) atoms. The van der Waals surface area contributed by atoms with Crippen LogP contribution in [0.4, 0.5) is 5.69 Å². The zero-order valence-corrected chi connectivity index (χ0v) is 14.1. The molecular formula is C20H21NO4. The fraction of sp³-hybridized carbons (Fsp3) is 0.400. The monoisotopic (exact) mass is 339 g/mol. The van der Waals surface area contributed by atoms with E-state index in [9.17, 15) is 9.59 Å². The molecule has 3 heterocycles. The zero-order valence-electron chi connectivity index (χ0n) is 14.1. The van der Waals surface area contributed by atoms with Crippen molar-refractivity contribution in [3.05, 3.63) is 55.1 Å². The maximum absolute atomic E-state index is 13.3. The first kappa shape index (κ1) is 16.1. The Morgan fingerprint density at radius 2 is 2.16 bits per heavy atom. The van der Waals surface area contributed by atoms with Crippen LogP contribution in [0.1, 0.15) is 13.3 Å². The summed E-state index contributed by atoms with van der Waals surface area (Å²) in [7, 11) is 0. The lowest BCUT2D eigenvalue weighted by Gasteiger charge is -2.32. The maximum Gasteiger partial charge on any atom is 0.312 e. The van der Waals surface area contributed by atoms with Crippen LogP contribution in [0.25, 0.3) is 0 Å². The Morgan fingerprint density at radius 3 is 2.84 bits per heavy atom. The lowest BCUT2D eigenvalue weighted by molar-refractivity contribution is -0.151. The van der Waals surface area contributed by atoms with Crippen LogP contribution in [0, 0.1) is 11.8 Å². The second kappa shape index (κ2) is 5.85. The molecule has 2 fully saturated rings. The SMILES string of the molecule is C=CC[C@@H]1N(c2ccccc2)C(=O)[C@@H]2[C@H](C(=O)OCC)[C@@H]3C=C[C@@]21O3. The molecule has 3 aliphatic heterocycles. The fourth-order valence-corrected chi connectivity index (χ4v) is 4.50. The number of para-hydroxylation sites is 1. The van der Waals surface area contributed by atoms with E-state index < -0.39 is 23.5 Å². The number of benzene rings is 1. The number of anilines is 1. The smallest absolute Gasteiger partial charge is 0.312 e. The quantitative estimate of drug-likeness (QED) is 0.611. The van der Waals surface area contributed by atoms with E-state index in [-0.39, 0.29) is 24.5 Å². The van der Waals surface area contributed by atoms with E-state index in [1.165, 1.54) is 0 Å². The van der Waals surface area contributed by atoms with Crippen molar-refractivity contribution >= 4 is 17.6 Å². The third-order valence-electron chi connectivity index (χ3n) is 5.40. The Hall–Kier alpha value is -2.40. The summed E-state index contributed by atoms with van der Waals surface area (Å²) in [6.45, 7) is 5.90. The summed E-state index contributed by atoms with van der Waals surface area (Å²) in [5, 5.41) is 0. The normalized spacial score (nSPS) is 35.1. The van der Waals surface area contributed by atoms with Crippen LogP contribution in [0.15, 0.2) is 55.1 Å². The first-order chi connectivity index (χ1) is 12.1. The summed E-state index contributed by atoms with van der Waals surface area (Å²) in [5.41, 5.74) is 0.0228. The van der Waals surface area contributed by atoms with Gasteiger partial charge in [0.2, 0.25) is 5.91 Å². The molecule has 1 amide bonds. The number of hydrogen-bond acceptors (Lipinski definition) is 4. The van der Waals surface area contributed by atoms with E-state index in [2.05, 4.69) is 6.58 Å². The molecule has 0 radical (unpaired) electrons. The highest BCUT2D eigenvalue weighted by atomic mass is 16.6. The van der Waals surface area contributed by atoms with Crippen LogP contribution in [-0.2, 0) is 19.1 Å². The number of amides is 1. The molecule has 0 unspecified atom stereocenters. The number of nitrogens with zero attached hydrogens (tertiary/aromatic N) is 1. The van der Waals surface area contributed by atoms with E-state index in [1.807, 2.05) is 42.5 Å². The van der Waals surface area contributed by atoms with Crippen molar-refractivity contribution < 1.29 is 19.1 Å². The van der Waals surface area contributed by atoms with E-state index in [0.717, 1.165) is 5.69 Å². The molecule has 4 rings (SSSR count). The highest BCUT2D eigenvalue weighted by Gasteiger charge is 2.71. The molecule has 2 bridgehead atoms. The molecule has 0 aromatic heterocycles. The lowest BCUT2D eigenvalue weighted by atomic mass is 9.74. The number of carbonyl (C=O) groups excluding carboxylic acids is 2. The molecule has 3 aliphatic rings. The van der Waals surface area contributed by atoms with Crippen molar-refractivity contribution in [3.8, 4) is 0 Å². The van der Waals surface area contributed by atoms with Crippen LogP contribution in [0.5, 0.6) is 0 Å². The molecule has 5 heteroatoms. The van der Waals surface area contributed by atoms with Crippen molar-refractivity contribution in [1.82, 2.24) is 0 Å². The third kappa shape index (κ3) is 2.12. The number of carbonyl (C=O) groups is 2. The maximum atomic E-state index is 13.3. The van der Waals surface area contributed by atoms with Gasteiger partial charge in [0, 0.05) is 5.69 Å². The standard InChI is InChI=1S/C20H21NO4/c1-3-8-15-20-12-11-14(25-20)16(19(23)24-4-2)17(20)18(22)21(15)13-9-6-5-7-10-13/h3,5-7,9-12,14-17H,1,4,8H2,2H3/t14-,15-,16+,17-,20-/m0/s1. The summed E-state index contributed by atoms with van der Waals surface area (Å²) < 4.78 is 11.5. The minimum absolute atomic E-state index is 0.0806. The van der Waals surface area contributed by atoms with Gasteiger partial charge in [-0.25, -0.2) is 0 Å². The van der Waals surface area contributed by atoms with Crippen LogP contribution >= 0.6 is 0 Å². The first-order valence-corrected chi connectivity index (χ1v) is 8.67. The van der Waals surface area contributed by atoms with E-state index in [0.29, 0.717) is 6.42 Å². The second-order valence-electron chi connectivity index (χ2n) is 6.63. The minimum Gasteiger partial charge on any atom is -0.466 e. The van der Waals surface area contributed by atoms with Crippen LogP contribution in [-0.4, -0.2) is 36.2 Å². The van der Waals surface area contributed by atoms with Gasteiger partial charge in [-0.1, -0.05) is 36.4 Å². The molecule has 5 nitrogen and oxygen atoms in total. The largest absolute Gasteiger partial charge is 0.466 e. The summed E-state index contributed by atoms with van der Waals surface area (Å²) in [6.07, 6.45) is 5.86. The Labute approximate surface area is 146 Å². The van der Waals surface area contributed by atoms with Gasteiger partial charge >= 0.3 is 5.97 Å². The average molecular weight is 339 g/mol. The number of ether oxygens (including phenoxy) is 2. The highest BCUT2D eigenvalue weighted by Crippen LogP contribution is 2.56. The van der Waals surface area contributed by atoms with Gasteiger partial charge in [0.05, 0.1) is 24.7 Å². The van der Waals surface area contributed by atoms with Gasteiger partial charge in [-0.2, -0.15) is 0 Å². The Bertz CT molecular complexity index is 743. The van der Waals surface area contributed by atoms with Crippen molar-refractivity contribution in [2.45, 2.75) is 31.1 Å². The lowest BCUT2D eigenvalue weighted by Crippen LogP contribution is -2.45. The van der Waals surface area contributed by atoms with E-state index in [4.69, 9.17) is 9.47 Å². The topological polar surface area (TPSA) is 55.8 Å². The fourth-order valence-electron chi connectivity index (χ4n) is 4.50. The summed E-state index contributed by atoms with van der Waals surface area (Å²) in [4.78, 5) is 27.6. The zero-order chi connectivity index (χ0) is 17.6. The molecule has 1 aromatic carbocycles. The third-order valence-corrected chi connectivity index (χ3v) is 5.40. The van der Waals surface area contributed by atoms with E-state index >= 15 is 0 Å². The Balaban J connectivity index is 1.79. The number of fused-ring (bicyclic) bond motifs is 1. The van der Waals surface area contributed by atoms with Crippen molar-refractivity contribution in [2.75, 3.05) is 11.5 Å². The molecule has 2 saturated heterocycles. The van der Waals surface area contributed by atoms with Crippen molar-refractivity contribution in [2.24, 2.45) is 11.8 Å². The molecule has 0 aliphatic carbocycles. The van der Waals surface area contributed by atoms with Gasteiger partial charge in [-0.15, -0.1) is 6.58 Å². The Morgan fingerprint density at radius 1 is 1.40 bits per heavy atom. The molecule has 0 saturated carbocycles. The van der Waals surface area contributed by atoms with Crippen LogP contribution in [0.2, 0.25) is 0 Å². The van der Waals surface area contributed by atoms with Gasteiger partial charge in [0.1, 0.15) is 11.5 Å². The number of rotatable bonds is 5. The summed E-state index contributed by atoms with van der Waals surface area (Å²) >= 11 is 0. The van der Waals surface area contributed by atoms with Gasteiger partial charge in [-0.3, -0.25) is 9.59 Å². The molecule has 1 spiro atoms. The summed E-state index contributed by atoms with van der Waals surface area (Å²) in [5.74, 6) is -1.57. The second-order valence-corrected chi connectivity index (χ2v) is 6.63. The van der Waals surface area contributed by atoms with Gasteiger partial charge in [0.15, 0.2) is 0 Å². The van der Waals surface area contributed by atoms with Gasteiger partial charge in [-0.05, 0) is 25.5 Å². The number of esters is 1. The molecular weight excluding hydrogens is 318 g/mol. The first-order valence-electron chi connectivity index (χ1n) is 8.67. The minimum atomic E-state index is -0.788. The molecule has 0 N–H and O–H groups in total. The molecule has 130 valence electrons. The van der Waals surface area contributed by atoms with Gasteiger partial charge < -0.3 is 14.4 Å². The van der Waals surface area contributed by atoms with Crippen LogP contribution < -0.4 is 4.90 Å². The van der Waals surface area contributed by atoms with Crippen molar-refractivity contribution in [3.63, 3.8) is 0 Å². The molecule has 1 aromatic rings. The predicted octanol–water partition coefficient (Wildman–Crippen LogP) is 2.48. The van der Waals surface area contributed by atoms with E-state index in [1.54, 1.807) is 17.9 Å². The van der Waals surface area contributed by atoms with Crippen molar-refractivity contribution in [1.29, 1.82) is 0 Å². The highest BCUT2D eigenvalue weighted by molar-refractivity contribution is 6.03.